The number of rotatable bonds is 4. The van der Waals surface area contributed by atoms with E-state index in [2.05, 4.69) is 11.3 Å². The molecule has 0 aliphatic rings. The lowest BCUT2D eigenvalue weighted by atomic mass is 10.2. The van der Waals surface area contributed by atoms with Crippen LogP contribution in [0.3, 0.4) is 0 Å². The van der Waals surface area contributed by atoms with E-state index in [1.807, 2.05) is 0 Å². The molecule has 0 heterocycles. The third kappa shape index (κ3) is 2.60. The summed E-state index contributed by atoms with van der Waals surface area (Å²) in [4.78, 5) is 10.7. The van der Waals surface area contributed by atoms with Gasteiger partial charge in [0.05, 0.1) is 16.2 Å². The van der Waals surface area contributed by atoms with Crippen molar-refractivity contribution in [1.82, 2.24) is 0 Å². The molecule has 2 N–H and O–H groups in total. The number of allylic oxidation sites excluding steroid dienone is 1. The zero-order chi connectivity index (χ0) is 12.3. The largest absolute Gasteiger partial charge is 0.478 e. The Hall–Kier alpha value is -1.82. The first-order valence-electron chi connectivity index (χ1n) is 4.35. The highest BCUT2D eigenvalue weighted by atomic mass is 32.2. The lowest BCUT2D eigenvalue weighted by molar-refractivity contribution is 0.0698. The first-order valence-corrected chi connectivity index (χ1v) is 5.83. The number of carboxylic acid groups (broad SMARTS) is 1. The van der Waals surface area contributed by atoms with Crippen LogP contribution < -0.4 is 4.72 Å². The number of carboxylic acids is 1. The molecular formula is C10H11NO4S. The Balaban J connectivity index is 3.17. The fraction of sp³-hybridized carbons (Fsp3) is 0.100. The van der Waals surface area contributed by atoms with Crippen LogP contribution in [-0.2, 0) is 10.0 Å². The number of benzene rings is 1. The summed E-state index contributed by atoms with van der Waals surface area (Å²) in [5.74, 6) is -1.19. The summed E-state index contributed by atoms with van der Waals surface area (Å²) in [7, 11) is -3.72. The van der Waals surface area contributed by atoms with Crippen LogP contribution in [0.1, 0.15) is 17.3 Å². The minimum atomic E-state index is -3.72. The number of carbonyl (C=O) groups is 1. The molecule has 1 aromatic rings. The van der Waals surface area contributed by atoms with Crippen molar-refractivity contribution >= 4 is 21.7 Å². The summed E-state index contributed by atoms with van der Waals surface area (Å²) >= 11 is 0. The Morgan fingerprint density at radius 1 is 1.38 bits per heavy atom. The smallest absolute Gasteiger partial charge is 0.337 e. The van der Waals surface area contributed by atoms with Crippen LogP contribution in [0.4, 0.5) is 5.69 Å². The van der Waals surface area contributed by atoms with Crippen molar-refractivity contribution in [2.75, 3.05) is 4.72 Å². The third-order valence-electron chi connectivity index (χ3n) is 1.86. The number of aromatic carboxylic acids is 1. The van der Waals surface area contributed by atoms with Gasteiger partial charge in [-0.1, -0.05) is 18.7 Å². The Morgan fingerprint density at radius 2 is 1.94 bits per heavy atom. The van der Waals surface area contributed by atoms with Crippen LogP contribution in [0.2, 0.25) is 0 Å². The van der Waals surface area contributed by atoms with Gasteiger partial charge in [-0.25, -0.2) is 13.2 Å². The van der Waals surface area contributed by atoms with Gasteiger partial charge >= 0.3 is 5.97 Å². The minimum Gasteiger partial charge on any atom is -0.478 e. The number of hydrogen-bond donors (Lipinski definition) is 2. The maximum absolute atomic E-state index is 11.5. The SMILES string of the molecule is C=C(C)S(=O)(=O)Nc1ccccc1C(=O)O. The molecule has 5 nitrogen and oxygen atoms in total. The number of nitrogens with one attached hydrogen (secondary N) is 1. The Bertz CT molecular complexity index is 534. The Labute approximate surface area is 93.5 Å². The average Bonchev–Trinajstić information content (AvgIpc) is 2.17. The number of anilines is 1. The van der Waals surface area contributed by atoms with E-state index in [9.17, 15) is 13.2 Å². The molecular weight excluding hydrogens is 230 g/mol. The quantitative estimate of drug-likeness (QED) is 0.839. The Morgan fingerprint density at radius 3 is 2.44 bits per heavy atom. The second-order valence-corrected chi connectivity index (χ2v) is 5.07. The maximum atomic E-state index is 11.5. The van der Waals surface area contributed by atoms with E-state index in [0.717, 1.165) is 0 Å². The van der Waals surface area contributed by atoms with Crippen LogP contribution in [0.5, 0.6) is 0 Å². The molecule has 86 valence electrons. The molecule has 0 aliphatic heterocycles. The molecule has 1 aromatic carbocycles. The predicted molar refractivity (Wildman–Crippen MR) is 60.8 cm³/mol. The fourth-order valence-electron chi connectivity index (χ4n) is 0.990. The van der Waals surface area contributed by atoms with Gasteiger partial charge in [-0.15, -0.1) is 0 Å². The molecule has 0 radical (unpaired) electrons. The maximum Gasteiger partial charge on any atom is 0.337 e. The zero-order valence-corrected chi connectivity index (χ0v) is 9.41. The van der Waals surface area contributed by atoms with E-state index in [4.69, 9.17) is 5.11 Å². The fourth-order valence-corrected chi connectivity index (χ4v) is 1.63. The molecule has 1 rings (SSSR count). The second-order valence-electron chi connectivity index (χ2n) is 3.16. The van der Waals surface area contributed by atoms with Crippen molar-refractivity contribution in [3.63, 3.8) is 0 Å². The standard InChI is InChI=1S/C10H11NO4S/c1-7(2)16(14,15)11-9-6-4-3-5-8(9)10(12)13/h3-6,11H,1H2,2H3,(H,12,13). The molecule has 0 atom stereocenters. The molecule has 0 saturated heterocycles. The monoisotopic (exact) mass is 241 g/mol. The highest BCUT2D eigenvalue weighted by Crippen LogP contribution is 2.18. The van der Waals surface area contributed by atoms with Crippen LogP contribution in [0.15, 0.2) is 35.7 Å². The summed E-state index contributed by atoms with van der Waals surface area (Å²) in [6, 6.07) is 5.76. The average molecular weight is 241 g/mol. The molecule has 0 fully saturated rings. The summed E-state index contributed by atoms with van der Waals surface area (Å²) in [6.07, 6.45) is 0. The topological polar surface area (TPSA) is 83.5 Å². The van der Waals surface area contributed by atoms with Crippen LogP contribution in [-0.4, -0.2) is 19.5 Å². The predicted octanol–water partition coefficient (Wildman–Crippen LogP) is 1.66. The highest BCUT2D eigenvalue weighted by Gasteiger charge is 2.16. The van der Waals surface area contributed by atoms with Gasteiger partial charge in [-0.3, -0.25) is 4.72 Å². The van der Waals surface area contributed by atoms with Crippen molar-refractivity contribution in [3.05, 3.63) is 41.3 Å². The van der Waals surface area contributed by atoms with Crippen molar-refractivity contribution in [2.24, 2.45) is 0 Å². The lowest BCUT2D eigenvalue weighted by Gasteiger charge is -2.09. The van der Waals surface area contributed by atoms with E-state index in [1.54, 1.807) is 6.07 Å². The van der Waals surface area contributed by atoms with Gasteiger partial charge in [0.1, 0.15) is 0 Å². The Kier molecular flexibility index (Phi) is 3.34. The summed E-state index contributed by atoms with van der Waals surface area (Å²) in [6.45, 7) is 4.62. The van der Waals surface area contributed by atoms with Gasteiger partial charge < -0.3 is 5.11 Å². The van der Waals surface area contributed by atoms with E-state index < -0.39 is 16.0 Å². The van der Waals surface area contributed by atoms with E-state index in [1.165, 1.54) is 25.1 Å². The molecule has 0 spiro atoms. The molecule has 0 aromatic heterocycles. The second kappa shape index (κ2) is 4.36. The van der Waals surface area contributed by atoms with Crippen LogP contribution in [0, 0.1) is 0 Å². The number of hydrogen-bond acceptors (Lipinski definition) is 3. The summed E-state index contributed by atoms with van der Waals surface area (Å²) < 4.78 is 25.1. The van der Waals surface area contributed by atoms with Crippen molar-refractivity contribution in [1.29, 1.82) is 0 Å². The van der Waals surface area contributed by atoms with E-state index >= 15 is 0 Å². The molecule has 0 bridgehead atoms. The molecule has 16 heavy (non-hydrogen) atoms. The number of para-hydroxylation sites is 1. The zero-order valence-electron chi connectivity index (χ0n) is 8.60. The first-order chi connectivity index (χ1) is 7.34. The number of sulfonamides is 1. The van der Waals surface area contributed by atoms with Gasteiger partial charge in [0, 0.05) is 0 Å². The minimum absolute atomic E-state index is 0.0259. The van der Waals surface area contributed by atoms with Gasteiger partial charge in [-0.2, -0.15) is 0 Å². The van der Waals surface area contributed by atoms with Crippen molar-refractivity contribution in [2.45, 2.75) is 6.92 Å². The molecule has 6 heteroatoms. The van der Waals surface area contributed by atoms with Gasteiger partial charge in [-0.05, 0) is 19.1 Å². The molecule has 0 saturated carbocycles. The van der Waals surface area contributed by atoms with Crippen molar-refractivity contribution in [3.8, 4) is 0 Å². The highest BCUT2D eigenvalue weighted by molar-refractivity contribution is 7.96. The summed E-state index contributed by atoms with van der Waals surface area (Å²) in [5.41, 5.74) is -0.0784. The molecule has 0 aliphatic carbocycles. The molecule has 0 amide bonds. The lowest BCUT2D eigenvalue weighted by Crippen LogP contribution is -2.15. The normalized spacial score (nSPS) is 10.8. The van der Waals surface area contributed by atoms with E-state index in [0.29, 0.717) is 0 Å². The summed E-state index contributed by atoms with van der Waals surface area (Å²) in [5, 5.41) is 8.84. The van der Waals surface area contributed by atoms with Gasteiger partial charge in [0.2, 0.25) is 0 Å². The molecule has 0 unspecified atom stereocenters. The first kappa shape index (κ1) is 12.3. The van der Waals surface area contributed by atoms with Crippen LogP contribution in [0.25, 0.3) is 0 Å². The van der Waals surface area contributed by atoms with Gasteiger partial charge in [0.25, 0.3) is 10.0 Å². The van der Waals surface area contributed by atoms with Gasteiger partial charge in [0.15, 0.2) is 0 Å². The van der Waals surface area contributed by atoms with Crippen molar-refractivity contribution < 1.29 is 18.3 Å². The van der Waals surface area contributed by atoms with Crippen LogP contribution >= 0.6 is 0 Å². The third-order valence-corrected chi connectivity index (χ3v) is 3.27. The van der Waals surface area contributed by atoms with E-state index in [-0.39, 0.29) is 16.2 Å².